The molecule has 21 heavy (non-hydrogen) atoms. The van der Waals surface area contributed by atoms with Gasteiger partial charge in [0.05, 0.1) is 5.69 Å². The quantitative estimate of drug-likeness (QED) is 0.523. The second-order valence-corrected chi connectivity index (χ2v) is 4.66. The second kappa shape index (κ2) is 6.22. The molecule has 0 bridgehead atoms. The third-order valence-electron chi connectivity index (χ3n) is 2.94. The number of carbonyl (C=O) groups excluding carboxylic acids is 1. The van der Waals surface area contributed by atoms with Crippen molar-refractivity contribution in [2.45, 2.75) is 0 Å². The van der Waals surface area contributed by atoms with Crippen molar-refractivity contribution in [1.82, 2.24) is 0 Å². The van der Waals surface area contributed by atoms with Gasteiger partial charge in [0, 0.05) is 16.7 Å². The summed E-state index contributed by atoms with van der Waals surface area (Å²) in [5.74, 6) is 6.74. The lowest BCUT2D eigenvalue weighted by molar-refractivity contribution is 0.0987. The number of rotatable bonds is 2. The van der Waals surface area contributed by atoms with Crippen molar-refractivity contribution in [2.75, 3.05) is 11.8 Å². The summed E-state index contributed by atoms with van der Waals surface area (Å²) in [6.45, 7) is 0.175. The number of halogens is 2. The van der Waals surface area contributed by atoms with Crippen LogP contribution in [0.15, 0.2) is 42.5 Å². The predicted octanol–water partition coefficient (Wildman–Crippen LogP) is 3.01. The van der Waals surface area contributed by atoms with E-state index < -0.39 is 0 Å². The summed E-state index contributed by atoms with van der Waals surface area (Å²) < 4.78 is 10.5. The maximum atomic E-state index is 12.2. The van der Waals surface area contributed by atoms with Gasteiger partial charge in [0.1, 0.15) is 0 Å². The fourth-order valence-electron chi connectivity index (χ4n) is 1.88. The fraction of sp³-hybridized carbons (Fsp3) is 0.0714. The van der Waals surface area contributed by atoms with Crippen molar-refractivity contribution in [3.63, 3.8) is 0 Å². The summed E-state index contributed by atoms with van der Waals surface area (Å²) in [7, 11) is 0. The average Bonchev–Trinajstić information content (AvgIpc) is 2.94. The van der Waals surface area contributed by atoms with Crippen LogP contribution in [0.5, 0.6) is 11.5 Å². The van der Waals surface area contributed by atoms with Crippen LogP contribution < -0.4 is 20.3 Å². The summed E-state index contributed by atoms with van der Waals surface area (Å²) in [5.41, 5.74) is 0.976. The molecule has 0 radical (unpaired) electrons. The summed E-state index contributed by atoms with van der Waals surface area (Å²) in [4.78, 5) is 12.2. The van der Waals surface area contributed by atoms with Gasteiger partial charge in [-0.05, 0) is 36.4 Å². The number of carbonyl (C=O) groups is 1. The van der Waals surface area contributed by atoms with Crippen LogP contribution >= 0.6 is 24.0 Å². The molecule has 0 atom stereocenters. The smallest absolute Gasteiger partial charge is 0.272 e. The molecule has 0 fully saturated rings. The standard InChI is InChI=1S/C14H11ClN2O3.ClH/c15-10-3-1-9(2-4-10)14(18)17(16)11-5-6-12-13(7-11)20-8-19-12;/h1-7H,8,16H2;1H. The van der Waals surface area contributed by atoms with Crippen molar-refractivity contribution in [3.05, 3.63) is 53.1 Å². The normalized spacial score (nSPS) is 11.7. The summed E-state index contributed by atoms with van der Waals surface area (Å²) in [5, 5.41) is 1.62. The van der Waals surface area contributed by atoms with Crippen molar-refractivity contribution >= 4 is 35.6 Å². The van der Waals surface area contributed by atoms with Crippen LogP contribution in [0.25, 0.3) is 0 Å². The molecule has 0 aliphatic carbocycles. The molecule has 0 aromatic heterocycles. The SMILES string of the molecule is Cl.NN(C(=O)c1ccc(Cl)cc1)c1ccc2c(c1)OCO2. The predicted molar refractivity (Wildman–Crippen MR) is 82.3 cm³/mol. The molecule has 1 aliphatic heterocycles. The summed E-state index contributed by atoms with van der Waals surface area (Å²) in [6, 6.07) is 11.6. The molecule has 0 saturated heterocycles. The van der Waals surface area contributed by atoms with E-state index in [0.717, 1.165) is 5.01 Å². The maximum absolute atomic E-state index is 12.2. The monoisotopic (exact) mass is 326 g/mol. The number of amides is 1. The first-order chi connectivity index (χ1) is 9.65. The number of benzene rings is 2. The molecule has 0 unspecified atom stereocenters. The number of hydrazine groups is 1. The van der Waals surface area contributed by atoms with Gasteiger partial charge in [-0.3, -0.25) is 4.79 Å². The molecule has 2 N–H and O–H groups in total. The van der Waals surface area contributed by atoms with Gasteiger partial charge in [0.2, 0.25) is 6.79 Å². The lowest BCUT2D eigenvalue weighted by atomic mass is 10.2. The van der Waals surface area contributed by atoms with Gasteiger partial charge < -0.3 is 9.47 Å². The Balaban J connectivity index is 0.00000161. The largest absolute Gasteiger partial charge is 0.454 e. The Morgan fingerprint density at radius 3 is 2.48 bits per heavy atom. The lowest BCUT2D eigenvalue weighted by Crippen LogP contribution is -2.37. The van der Waals surface area contributed by atoms with E-state index in [0.29, 0.717) is 27.8 Å². The Hall–Kier alpha value is -1.95. The highest BCUT2D eigenvalue weighted by Crippen LogP contribution is 2.35. The Morgan fingerprint density at radius 1 is 1.10 bits per heavy atom. The molecule has 0 saturated carbocycles. The zero-order valence-corrected chi connectivity index (χ0v) is 12.4. The number of nitrogens with two attached hydrogens (primary N) is 1. The number of nitrogens with zero attached hydrogens (tertiary/aromatic N) is 1. The molecular formula is C14H12Cl2N2O3. The van der Waals surface area contributed by atoms with Crippen molar-refractivity contribution in [1.29, 1.82) is 0 Å². The molecule has 1 aliphatic rings. The molecule has 1 amide bonds. The van der Waals surface area contributed by atoms with E-state index in [4.69, 9.17) is 26.9 Å². The topological polar surface area (TPSA) is 64.8 Å². The molecule has 5 nitrogen and oxygen atoms in total. The van der Waals surface area contributed by atoms with E-state index in [1.807, 2.05) is 0 Å². The average molecular weight is 327 g/mol. The number of ether oxygens (including phenoxy) is 2. The van der Waals surface area contributed by atoms with E-state index >= 15 is 0 Å². The Labute approximate surface area is 132 Å². The van der Waals surface area contributed by atoms with E-state index in [-0.39, 0.29) is 25.1 Å². The molecule has 7 heteroatoms. The fourth-order valence-corrected chi connectivity index (χ4v) is 2.01. The Kier molecular flexibility index (Phi) is 4.57. The Bertz CT molecular complexity index is 662. The van der Waals surface area contributed by atoms with E-state index in [2.05, 4.69) is 0 Å². The van der Waals surface area contributed by atoms with E-state index in [1.165, 1.54) is 0 Å². The number of hydrogen-bond acceptors (Lipinski definition) is 4. The summed E-state index contributed by atoms with van der Waals surface area (Å²) in [6.07, 6.45) is 0. The minimum atomic E-state index is -0.333. The van der Waals surface area contributed by atoms with Crippen LogP contribution in [-0.4, -0.2) is 12.7 Å². The first kappa shape index (κ1) is 15.4. The minimum absolute atomic E-state index is 0. The highest BCUT2D eigenvalue weighted by molar-refractivity contribution is 6.30. The van der Waals surface area contributed by atoms with Crippen LogP contribution in [0.4, 0.5) is 5.69 Å². The number of fused-ring (bicyclic) bond motifs is 1. The van der Waals surface area contributed by atoms with Crippen LogP contribution in [-0.2, 0) is 0 Å². The van der Waals surface area contributed by atoms with Gasteiger partial charge in [-0.25, -0.2) is 10.9 Å². The van der Waals surface area contributed by atoms with Gasteiger partial charge in [0.25, 0.3) is 5.91 Å². The van der Waals surface area contributed by atoms with Crippen LogP contribution in [0.1, 0.15) is 10.4 Å². The lowest BCUT2D eigenvalue weighted by Gasteiger charge is -2.17. The molecule has 2 aromatic carbocycles. The zero-order chi connectivity index (χ0) is 14.1. The van der Waals surface area contributed by atoms with Crippen LogP contribution in [0.2, 0.25) is 5.02 Å². The van der Waals surface area contributed by atoms with Gasteiger partial charge in [0.15, 0.2) is 11.5 Å². The van der Waals surface area contributed by atoms with Crippen molar-refractivity contribution in [3.8, 4) is 11.5 Å². The highest BCUT2D eigenvalue weighted by Gasteiger charge is 2.19. The third kappa shape index (κ3) is 3.05. The molecular weight excluding hydrogens is 315 g/mol. The van der Waals surface area contributed by atoms with Gasteiger partial charge in [-0.1, -0.05) is 11.6 Å². The van der Waals surface area contributed by atoms with Crippen molar-refractivity contribution < 1.29 is 14.3 Å². The molecule has 3 rings (SSSR count). The first-order valence-corrected chi connectivity index (χ1v) is 6.27. The molecule has 2 aromatic rings. The van der Waals surface area contributed by atoms with E-state index in [9.17, 15) is 4.79 Å². The summed E-state index contributed by atoms with van der Waals surface area (Å²) >= 11 is 5.79. The minimum Gasteiger partial charge on any atom is -0.454 e. The molecule has 110 valence electrons. The van der Waals surface area contributed by atoms with Crippen LogP contribution in [0, 0.1) is 0 Å². The van der Waals surface area contributed by atoms with Gasteiger partial charge >= 0.3 is 0 Å². The maximum Gasteiger partial charge on any atom is 0.272 e. The van der Waals surface area contributed by atoms with E-state index in [1.54, 1.807) is 42.5 Å². The third-order valence-corrected chi connectivity index (χ3v) is 3.20. The Morgan fingerprint density at radius 2 is 1.76 bits per heavy atom. The van der Waals surface area contributed by atoms with Gasteiger partial charge in [-0.15, -0.1) is 12.4 Å². The zero-order valence-electron chi connectivity index (χ0n) is 10.8. The highest BCUT2D eigenvalue weighted by atomic mass is 35.5. The molecule has 0 spiro atoms. The van der Waals surface area contributed by atoms with Crippen LogP contribution in [0.3, 0.4) is 0 Å². The first-order valence-electron chi connectivity index (χ1n) is 5.89. The second-order valence-electron chi connectivity index (χ2n) is 4.22. The number of anilines is 1. The van der Waals surface area contributed by atoms with Crippen molar-refractivity contribution in [2.24, 2.45) is 5.84 Å². The molecule has 1 heterocycles. The number of hydrogen-bond donors (Lipinski definition) is 1. The van der Waals surface area contributed by atoms with Gasteiger partial charge in [-0.2, -0.15) is 0 Å².